The summed E-state index contributed by atoms with van der Waals surface area (Å²) < 4.78 is 114. The molecule has 0 aliphatic carbocycles. The molecule has 0 amide bonds. The van der Waals surface area contributed by atoms with Gasteiger partial charge in [0, 0.05) is 45.7 Å². The summed E-state index contributed by atoms with van der Waals surface area (Å²) in [7, 11) is -10.2. The zero-order chi connectivity index (χ0) is 40.3. The molecule has 1 unspecified atom stereocenters. The summed E-state index contributed by atoms with van der Waals surface area (Å²) in [5.74, 6) is 1.14. The Kier molecular flexibility index (Phi) is 17.3. The first-order valence-corrected chi connectivity index (χ1v) is 12.9. The van der Waals surface area contributed by atoms with Gasteiger partial charge in [-0.2, -0.15) is 5.92 Å². The summed E-state index contributed by atoms with van der Waals surface area (Å²) in [6.07, 6.45) is 0.995. The fourth-order valence-electron chi connectivity index (χ4n) is 2.93. The number of halogens is 1. The molecule has 0 aliphatic rings. The van der Waals surface area contributed by atoms with Crippen molar-refractivity contribution in [2.24, 2.45) is 11.8 Å². The number of carbonyl (C=O) groups excluding carboxylic acids is 1. The van der Waals surface area contributed by atoms with E-state index >= 15 is 0 Å². The summed E-state index contributed by atoms with van der Waals surface area (Å²) in [6, 6.07) is 8.65. The van der Waals surface area contributed by atoms with Gasteiger partial charge in [0.2, 0.25) is 0 Å². The van der Waals surface area contributed by atoms with Crippen LogP contribution in [0.3, 0.4) is 0 Å². The van der Waals surface area contributed by atoms with Crippen molar-refractivity contribution in [2.75, 3.05) is 54.6 Å². The standard InChI is InChI=1S/C16H26O4.C12H16O4.C4H9.BrH.Mg/c1-12(2)10-14(17)13-6-7-15(19-4)16(11-13)20-9-5-8-18-3;1-14-6-3-7-16-12-8-10(9-13)4-5-11(12)15-2;1-4(2)3;;/h6-7,11-12,14,17H,5,8-10H2,1-4H3;4-5,8-9H,3,6-7H2,1-2H3;4H,1H2,2-3H3;1H;/q;;-1;;+2/p-1/i3D3,4D3;1D3,2D3;;;. The van der Waals surface area contributed by atoms with Crippen LogP contribution < -0.4 is 35.9 Å². The molecule has 0 radical (unpaired) electrons. The van der Waals surface area contributed by atoms with Crippen LogP contribution in [0.2, 0.25) is 0 Å². The van der Waals surface area contributed by atoms with Gasteiger partial charge in [-0.1, -0.05) is 33.8 Å². The van der Waals surface area contributed by atoms with Gasteiger partial charge in [0.05, 0.1) is 49.8 Å². The molecule has 8 nitrogen and oxygen atoms in total. The van der Waals surface area contributed by atoms with Crippen molar-refractivity contribution < 1.29 is 71.8 Å². The van der Waals surface area contributed by atoms with Gasteiger partial charge in [0.25, 0.3) is 0 Å². The topological polar surface area (TPSA) is 92.7 Å². The van der Waals surface area contributed by atoms with Crippen LogP contribution >= 0.6 is 0 Å². The molecule has 0 spiro atoms. The second-order valence-electron chi connectivity index (χ2n) is 9.37. The number of benzene rings is 2. The van der Waals surface area contributed by atoms with Crippen molar-refractivity contribution in [3.63, 3.8) is 0 Å². The molecule has 2 aromatic carbocycles. The van der Waals surface area contributed by atoms with Crippen molar-refractivity contribution in [3.8, 4) is 23.0 Å². The van der Waals surface area contributed by atoms with Gasteiger partial charge >= 0.3 is 23.1 Å². The van der Waals surface area contributed by atoms with Crippen molar-refractivity contribution >= 4 is 29.3 Å². The summed E-state index contributed by atoms with van der Waals surface area (Å²) in [4.78, 5) is 10.8. The number of aldehydes is 1. The van der Waals surface area contributed by atoms with Crippen LogP contribution in [0.15, 0.2) is 36.4 Å². The summed E-state index contributed by atoms with van der Waals surface area (Å²) >= 11 is 0. The smallest absolute Gasteiger partial charge is 1.00 e. The van der Waals surface area contributed by atoms with E-state index in [1.807, 2.05) is 13.8 Å². The molecule has 10 heteroatoms. The van der Waals surface area contributed by atoms with Crippen LogP contribution in [-0.4, -0.2) is 89.0 Å². The van der Waals surface area contributed by atoms with E-state index in [2.05, 4.69) is 30.2 Å². The average Bonchev–Trinajstić information content (AvgIpc) is 2.95. The Morgan fingerprint density at radius 1 is 0.810 bits per heavy atom. The zero-order valence-electron chi connectivity index (χ0n) is 36.8. The van der Waals surface area contributed by atoms with E-state index in [9.17, 15) is 9.90 Å². The predicted octanol–water partition coefficient (Wildman–Crippen LogP) is 3.21. The second-order valence-corrected chi connectivity index (χ2v) is 9.37. The number of rotatable bonds is 16. The molecule has 2 rings (SSSR count). The number of carbonyl (C=O) groups is 1. The molecule has 0 aliphatic heterocycles. The monoisotopic (exact) mass is 678 g/mol. The molecular weight excluding hydrogens is 617 g/mol. The number of hydrogen-bond acceptors (Lipinski definition) is 8. The molecule has 236 valence electrons. The first-order chi connectivity index (χ1) is 23.7. The van der Waals surface area contributed by atoms with Crippen LogP contribution in [0.5, 0.6) is 23.0 Å². The molecule has 0 heterocycles. The molecule has 1 atom stereocenters. The average molecular weight is 680 g/mol. The fourth-order valence-corrected chi connectivity index (χ4v) is 2.93. The number of aliphatic hydroxyl groups is 1. The van der Waals surface area contributed by atoms with Crippen LogP contribution in [0.1, 0.15) is 85.4 Å². The molecule has 42 heavy (non-hydrogen) atoms. The Hall–Kier alpha value is -1.56. The Morgan fingerprint density at radius 3 is 1.76 bits per heavy atom. The van der Waals surface area contributed by atoms with Gasteiger partial charge < -0.3 is 57.4 Å². The van der Waals surface area contributed by atoms with E-state index in [0.717, 1.165) is 0 Å². The minimum absolute atomic E-state index is 0. The molecular formula is C32H51BrMgO8. The minimum atomic E-state index is -2.65. The van der Waals surface area contributed by atoms with Gasteiger partial charge in [0.15, 0.2) is 23.0 Å². The third-order valence-electron chi connectivity index (χ3n) is 4.67. The first kappa shape index (κ1) is 25.7. The largest absolute Gasteiger partial charge is 2.00 e. The molecule has 0 bridgehead atoms. The number of ether oxygens (including phenoxy) is 6. The number of aliphatic hydroxyl groups excluding tert-OH is 1. The van der Waals surface area contributed by atoms with E-state index < -0.39 is 34.3 Å². The Labute approximate surface area is 297 Å². The molecule has 0 saturated heterocycles. The third-order valence-corrected chi connectivity index (χ3v) is 4.67. The van der Waals surface area contributed by atoms with Gasteiger partial charge in [-0.3, -0.25) is 4.79 Å². The quantitative estimate of drug-likeness (QED) is 0.125. The normalized spacial score (nSPS) is 16.0. The van der Waals surface area contributed by atoms with Gasteiger partial charge in [0.1, 0.15) is 6.29 Å². The van der Waals surface area contributed by atoms with Crippen molar-refractivity contribution in [1.29, 1.82) is 0 Å². The van der Waals surface area contributed by atoms with E-state index in [1.165, 1.54) is 24.3 Å². The second kappa shape index (κ2) is 28.2. The third kappa shape index (κ3) is 21.2. The summed E-state index contributed by atoms with van der Waals surface area (Å²) in [6.45, 7) is 11.8. The molecule has 0 aromatic heterocycles. The van der Waals surface area contributed by atoms with Crippen LogP contribution in [0.4, 0.5) is 0 Å². The van der Waals surface area contributed by atoms with Crippen LogP contribution in [0, 0.1) is 18.8 Å². The van der Waals surface area contributed by atoms with Crippen molar-refractivity contribution in [1.82, 2.24) is 0 Å². The van der Waals surface area contributed by atoms with E-state index in [4.69, 9.17) is 35.4 Å². The Bertz CT molecular complexity index is 1310. The molecule has 0 saturated carbocycles. The SMILES string of the molecule is [2H]C([2H])([2H])OCCCOc1cc(C(O)CC(C)C)ccc1OC([2H])([2H])[2H].[2H]C([2H])([2H])OCCCOc1cc(C=O)ccc1OC([2H])([2H])[2H].[Br-].[CH2-]C(C)C.[Mg+2]. The van der Waals surface area contributed by atoms with Crippen LogP contribution in [-0.2, 0) is 9.47 Å². The fraction of sp³-hybridized carbons (Fsp3) is 0.562. The van der Waals surface area contributed by atoms with Gasteiger partial charge in [-0.15, -0.1) is 0 Å². The van der Waals surface area contributed by atoms with E-state index in [0.29, 0.717) is 36.2 Å². The molecule has 0 fully saturated rings. The van der Waals surface area contributed by atoms with Crippen molar-refractivity contribution in [3.05, 3.63) is 54.4 Å². The Morgan fingerprint density at radius 2 is 1.31 bits per heavy atom. The summed E-state index contributed by atoms with van der Waals surface area (Å²) in [5, 5.41) is 10.2. The molecule has 1 N–H and O–H groups in total. The van der Waals surface area contributed by atoms with E-state index in [1.54, 1.807) is 12.1 Å². The number of methoxy groups -OCH3 is 4. The van der Waals surface area contributed by atoms with Crippen molar-refractivity contribution in [2.45, 2.75) is 53.1 Å². The maximum atomic E-state index is 10.8. The maximum Gasteiger partial charge on any atom is 2.00 e. The minimum Gasteiger partial charge on any atom is -1.00 e. The predicted molar refractivity (Wildman–Crippen MR) is 166 cm³/mol. The van der Waals surface area contributed by atoms with Gasteiger partial charge in [-0.25, -0.2) is 0 Å². The first-order valence-electron chi connectivity index (χ1n) is 18.9. The Balaban J connectivity index is -0.000000855. The number of hydrogen-bond donors (Lipinski definition) is 1. The van der Waals surface area contributed by atoms with E-state index in [-0.39, 0.29) is 102 Å². The molecule has 2 aromatic rings. The maximum absolute atomic E-state index is 10.8. The van der Waals surface area contributed by atoms with Crippen LogP contribution in [0.25, 0.3) is 0 Å². The van der Waals surface area contributed by atoms with Gasteiger partial charge in [-0.05, 0) is 48.2 Å². The zero-order valence-corrected chi connectivity index (χ0v) is 27.8. The summed E-state index contributed by atoms with van der Waals surface area (Å²) in [5.41, 5.74) is 0.886.